The van der Waals surface area contributed by atoms with Crippen LogP contribution in [-0.2, 0) is 4.79 Å². The summed E-state index contributed by atoms with van der Waals surface area (Å²) in [6.07, 6.45) is 3.94. The molecule has 0 heterocycles. The van der Waals surface area contributed by atoms with Crippen LogP contribution in [0, 0.1) is 17.2 Å². The van der Waals surface area contributed by atoms with Crippen molar-refractivity contribution in [2.45, 2.75) is 32.3 Å². The number of benzene rings is 1. The molecule has 1 aromatic rings. The van der Waals surface area contributed by atoms with Crippen molar-refractivity contribution in [1.82, 2.24) is 4.90 Å². The summed E-state index contributed by atoms with van der Waals surface area (Å²) in [6, 6.07) is 9.24. The van der Waals surface area contributed by atoms with Crippen molar-refractivity contribution in [3.63, 3.8) is 0 Å². The summed E-state index contributed by atoms with van der Waals surface area (Å²) < 4.78 is 5.38. The number of rotatable bonds is 6. The fourth-order valence-corrected chi connectivity index (χ4v) is 3.01. The Labute approximate surface area is 143 Å². The summed E-state index contributed by atoms with van der Waals surface area (Å²) >= 11 is 0. The van der Waals surface area contributed by atoms with E-state index in [1.165, 1.54) is 4.90 Å². The molecule has 0 aliphatic heterocycles. The lowest BCUT2D eigenvalue weighted by Crippen LogP contribution is -2.35. The third kappa shape index (κ3) is 4.59. The quantitative estimate of drug-likeness (QED) is 0.643. The molecule has 0 spiro atoms. The number of amides is 1. The van der Waals surface area contributed by atoms with Crippen molar-refractivity contribution < 1.29 is 14.6 Å². The lowest BCUT2D eigenvalue weighted by Gasteiger charge is -2.23. The van der Waals surface area contributed by atoms with Crippen molar-refractivity contribution >= 4 is 12.0 Å². The molecule has 0 saturated heterocycles. The number of ether oxygens (including phenoxy) is 1. The van der Waals surface area contributed by atoms with E-state index >= 15 is 0 Å². The summed E-state index contributed by atoms with van der Waals surface area (Å²) in [7, 11) is 1.68. The van der Waals surface area contributed by atoms with Crippen molar-refractivity contribution in [1.29, 1.82) is 5.26 Å². The van der Waals surface area contributed by atoms with E-state index in [1.54, 1.807) is 13.1 Å². The van der Waals surface area contributed by atoms with E-state index in [1.807, 2.05) is 37.3 Å². The number of aliphatic hydroxyl groups is 1. The van der Waals surface area contributed by atoms with E-state index in [-0.39, 0.29) is 23.5 Å². The van der Waals surface area contributed by atoms with E-state index in [0.29, 0.717) is 13.2 Å². The van der Waals surface area contributed by atoms with E-state index in [2.05, 4.69) is 0 Å². The number of aliphatic hydroxyl groups excluding tert-OH is 1. The van der Waals surface area contributed by atoms with Gasteiger partial charge in [0.25, 0.3) is 5.91 Å². The van der Waals surface area contributed by atoms with Crippen molar-refractivity contribution in [2.24, 2.45) is 5.92 Å². The molecule has 1 amide bonds. The highest BCUT2D eigenvalue weighted by Gasteiger charge is 2.28. The van der Waals surface area contributed by atoms with Gasteiger partial charge in [0.1, 0.15) is 17.4 Å². The van der Waals surface area contributed by atoms with Gasteiger partial charge < -0.3 is 14.7 Å². The van der Waals surface area contributed by atoms with Crippen LogP contribution in [-0.4, -0.2) is 42.2 Å². The second-order valence-corrected chi connectivity index (χ2v) is 6.12. The van der Waals surface area contributed by atoms with E-state index < -0.39 is 0 Å². The predicted octanol–water partition coefficient (Wildman–Crippen LogP) is 2.61. The van der Waals surface area contributed by atoms with Crippen LogP contribution in [0.1, 0.15) is 31.7 Å². The Bertz CT molecular complexity index is 631. The zero-order valence-corrected chi connectivity index (χ0v) is 14.2. The molecule has 0 bridgehead atoms. The van der Waals surface area contributed by atoms with Gasteiger partial charge in [-0.3, -0.25) is 4.79 Å². The first-order valence-electron chi connectivity index (χ1n) is 8.33. The van der Waals surface area contributed by atoms with Gasteiger partial charge in [-0.2, -0.15) is 5.26 Å². The Hall–Kier alpha value is -2.32. The van der Waals surface area contributed by atoms with Gasteiger partial charge in [0.05, 0.1) is 12.7 Å². The van der Waals surface area contributed by atoms with E-state index in [4.69, 9.17) is 4.74 Å². The van der Waals surface area contributed by atoms with Crippen molar-refractivity contribution in [3.05, 3.63) is 35.4 Å². The topological polar surface area (TPSA) is 73.6 Å². The molecule has 1 fully saturated rings. The molecule has 1 saturated carbocycles. The molecule has 1 aliphatic carbocycles. The number of nitrogens with zero attached hydrogens (tertiary/aromatic N) is 2. The number of carbonyl (C=O) groups excluding carboxylic acids is 1. The normalized spacial score (nSPS) is 20.5. The summed E-state index contributed by atoms with van der Waals surface area (Å²) in [5, 5.41) is 19.2. The highest BCUT2D eigenvalue weighted by atomic mass is 16.5. The smallest absolute Gasteiger partial charge is 0.264 e. The van der Waals surface area contributed by atoms with Gasteiger partial charge in [-0.1, -0.05) is 18.6 Å². The zero-order chi connectivity index (χ0) is 17.5. The predicted molar refractivity (Wildman–Crippen MR) is 92.2 cm³/mol. The number of nitriles is 1. The second-order valence-electron chi connectivity index (χ2n) is 6.12. The monoisotopic (exact) mass is 328 g/mol. The van der Waals surface area contributed by atoms with Crippen LogP contribution in [0.25, 0.3) is 6.08 Å². The Balaban J connectivity index is 2.05. The molecule has 1 aliphatic rings. The number of hydrogen-bond acceptors (Lipinski definition) is 4. The van der Waals surface area contributed by atoms with Crippen LogP contribution in [0.4, 0.5) is 0 Å². The second kappa shape index (κ2) is 8.51. The van der Waals surface area contributed by atoms with Gasteiger partial charge >= 0.3 is 0 Å². The van der Waals surface area contributed by atoms with Crippen LogP contribution < -0.4 is 4.74 Å². The molecular formula is C19H24N2O3. The first-order chi connectivity index (χ1) is 11.5. The molecule has 0 aromatic heterocycles. The lowest BCUT2D eigenvalue weighted by molar-refractivity contribution is -0.126. The minimum Gasteiger partial charge on any atom is -0.494 e. The van der Waals surface area contributed by atoms with E-state index in [9.17, 15) is 15.2 Å². The minimum absolute atomic E-state index is 0.0918. The van der Waals surface area contributed by atoms with Crippen LogP contribution in [0.2, 0.25) is 0 Å². The molecule has 2 unspecified atom stereocenters. The van der Waals surface area contributed by atoms with Crippen LogP contribution in [0.3, 0.4) is 0 Å². The SMILES string of the molecule is CCOc1ccc(/C=C(/C#N)C(=O)N(C)CC2CCCC2O)cc1. The fourth-order valence-electron chi connectivity index (χ4n) is 3.01. The molecule has 5 nitrogen and oxygen atoms in total. The number of hydrogen-bond donors (Lipinski definition) is 1. The van der Waals surface area contributed by atoms with Crippen LogP contribution in [0.5, 0.6) is 5.75 Å². The van der Waals surface area contributed by atoms with Gasteiger partial charge in [-0.15, -0.1) is 0 Å². The molecule has 128 valence electrons. The Morgan fingerprint density at radius 2 is 2.12 bits per heavy atom. The third-order valence-electron chi connectivity index (χ3n) is 4.33. The zero-order valence-electron chi connectivity index (χ0n) is 14.2. The maximum Gasteiger partial charge on any atom is 0.264 e. The first-order valence-corrected chi connectivity index (χ1v) is 8.33. The van der Waals surface area contributed by atoms with Crippen molar-refractivity contribution in [3.8, 4) is 11.8 Å². The molecule has 5 heteroatoms. The third-order valence-corrected chi connectivity index (χ3v) is 4.33. The average molecular weight is 328 g/mol. The van der Waals surface area contributed by atoms with Gasteiger partial charge in [-0.25, -0.2) is 0 Å². The van der Waals surface area contributed by atoms with E-state index in [0.717, 1.165) is 30.6 Å². The molecule has 1 N–H and O–H groups in total. The van der Waals surface area contributed by atoms with Gasteiger partial charge in [0.15, 0.2) is 0 Å². The molecule has 2 atom stereocenters. The van der Waals surface area contributed by atoms with Gasteiger partial charge in [0, 0.05) is 19.5 Å². The summed E-state index contributed by atoms with van der Waals surface area (Å²) in [5.74, 6) is 0.543. The largest absolute Gasteiger partial charge is 0.494 e. The average Bonchev–Trinajstić information content (AvgIpc) is 2.98. The lowest BCUT2D eigenvalue weighted by atomic mass is 10.0. The van der Waals surface area contributed by atoms with Crippen LogP contribution >= 0.6 is 0 Å². The highest BCUT2D eigenvalue weighted by molar-refractivity contribution is 6.01. The highest BCUT2D eigenvalue weighted by Crippen LogP contribution is 2.26. The standard InChI is InChI=1S/C19H24N2O3/c1-3-24-17-9-7-14(8-10-17)11-16(12-20)19(23)21(2)13-15-5-4-6-18(15)22/h7-11,15,18,22H,3-6,13H2,1-2H3/b16-11-. The summed E-state index contributed by atoms with van der Waals surface area (Å²) in [4.78, 5) is 14.0. The Kier molecular flexibility index (Phi) is 6.39. The minimum atomic E-state index is -0.346. The van der Waals surface area contributed by atoms with Crippen LogP contribution in [0.15, 0.2) is 29.8 Å². The summed E-state index contributed by atoms with van der Waals surface area (Å²) in [6.45, 7) is 2.98. The molecule has 24 heavy (non-hydrogen) atoms. The Morgan fingerprint density at radius 3 is 2.67 bits per heavy atom. The number of carbonyl (C=O) groups is 1. The summed E-state index contributed by atoms with van der Waals surface area (Å²) in [5.41, 5.74) is 0.867. The maximum atomic E-state index is 12.5. The Morgan fingerprint density at radius 1 is 1.42 bits per heavy atom. The maximum absolute atomic E-state index is 12.5. The molecule has 1 aromatic carbocycles. The van der Waals surface area contributed by atoms with Crippen molar-refractivity contribution in [2.75, 3.05) is 20.2 Å². The molecule has 2 rings (SSSR count). The molecular weight excluding hydrogens is 304 g/mol. The van der Waals surface area contributed by atoms with Gasteiger partial charge in [-0.05, 0) is 43.5 Å². The first kappa shape index (κ1) is 18.0. The molecule has 0 radical (unpaired) electrons. The number of likely N-dealkylation sites (N-methyl/N-ethyl adjacent to an activating group) is 1. The van der Waals surface area contributed by atoms with Gasteiger partial charge in [0.2, 0.25) is 0 Å². The fraction of sp³-hybridized carbons (Fsp3) is 0.474.